The summed E-state index contributed by atoms with van der Waals surface area (Å²) in [5, 5.41) is 5.68. The van der Waals surface area contributed by atoms with E-state index in [0.717, 1.165) is 39.3 Å². The lowest BCUT2D eigenvalue weighted by atomic mass is 10.0. The highest BCUT2D eigenvalue weighted by molar-refractivity contribution is 7.39. The highest BCUT2D eigenvalue weighted by atomic mass is 31.2. The zero-order chi connectivity index (χ0) is 18.3. The molecule has 0 unspecified atom stereocenters. The van der Waals surface area contributed by atoms with Gasteiger partial charge in [-0.25, -0.2) is 5.10 Å². The molecule has 3 aliphatic heterocycles. The number of H-pyrrole nitrogens is 1. The Bertz CT molecular complexity index is 780. The second-order valence-corrected chi connectivity index (χ2v) is 6.70. The molecule has 0 radical (unpaired) electrons. The fourth-order valence-corrected chi connectivity index (χ4v) is 2.83. The van der Waals surface area contributed by atoms with E-state index in [1.165, 1.54) is 12.4 Å². The quantitative estimate of drug-likeness (QED) is 0.317. The molecule has 3 saturated heterocycles. The number of rotatable bonds is 5. The lowest BCUT2D eigenvalue weighted by Crippen LogP contribution is -2.29. The van der Waals surface area contributed by atoms with Crippen LogP contribution in [0.15, 0.2) is 29.5 Å². The van der Waals surface area contributed by atoms with E-state index in [4.69, 9.17) is 9.79 Å². The van der Waals surface area contributed by atoms with Crippen molar-refractivity contribution in [2.45, 2.75) is 0 Å². The Kier molecular flexibility index (Phi) is 4.35. The van der Waals surface area contributed by atoms with Gasteiger partial charge in [0.1, 0.15) is 17.7 Å². The topological polar surface area (TPSA) is 134 Å². The van der Waals surface area contributed by atoms with Crippen molar-refractivity contribution in [3.63, 3.8) is 0 Å². The first-order chi connectivity index (χ1) is 12.5. The number of hydrogen-bond acceptors (Lipinski definition) is 10. The Morgan fingerprint density at radius 2 is 1.62 bits per heavy atom. The third kappa shape index (κ3) is 3.69. The van der Waals surface area contributed by atoms with Gasteiger partial charge >= 0.3 is 14.6 Å². The van der Waals surface area contributed by atoms with Crippen molar-refractivity contribution in [3.8, 4) is 6.01 Å². The highest BCUT2D eigenvalue weighted by Gasteiger charge is 2.43. The maximum absolute atomic E-state index is 12.4. The van der Waals surface area contributed by atoms with E-state index in [2.05, 4.69) is 19.7 Å². The number of aromatic nitrogens is 3. The summed E-state index contributed by atoms with van der Waals surface area (Å²) in [7, 11) is -2.38. The lowest BCUT2D eigenvalue weighted by molar-refractivity contribution is -0.117. The molecule has 1 aliphatic carbocycles. The summed E-state index contributed by atoms with van der Waals surface area (Å²) in [5.41, 5.74) is 1.89. The van der Waals surface area contributed by atoms with Crippen molar-refractivity contribution >= 4 is 20.2 Å². The molecule has 1 aromatic rings. The summed E-state index contributed by atoms with van der Waals surface area (Å²) in [4.78, 5) is 50.4. The molecule has 26 heavy (non-hydrogen) atoms. The maximum Gasteiger partial charge on any atom is 0.393 e. The third-order valence-corrected chi connectivity index (χ3v) is 4.39. The molecule has 5 rings (SSSR count). The second kappa shape index (κ2) is 6.67. The van der Waals surface area contributed by atoms with Gasteiger partial charge in [0.25, 0.3) is 0 Å². The van der Waals surface area contributed by atoms with Gasteiger partial charge in [0.2, 0.25) is 11.6 Å². The molecule has 0 atom stereocenters. The fourth-order valence-electron chi connectivity index (χ4n) is 2.59. The number of nitrogens with zero attached hydrogens (tertiary/aromatic N) is 5. The number of hydrogen-bond donors (Lipinski definition) is 3. The number of carbonyl (C=O) groups excluding carboxylic acids is 2. The number of Topliss-reactive ketones (excluding diaryl/α,β-unsaturated/α-hetero) is 1. The van der Waals surface area contributed by atoms with E-state index in [1.807, 2.05) is 14.7 Å². The van der Waals surface area contributed by atoms with E-state index in [1.54, 1.807) is 0 Å². The molecule has 12 heteroatoms. The zero-order valence-corrected chi connectivity index (χ0v) is 14.6. The predicted octanol–water partition coefficient (Wildman–Crippen LogP) is -1.42. The van der Waals surface area contributed by atoms with Gasteiger partial charge in [-0.3, -0.25) is 9.59 Å². The molecule has 0 saturated carbocycles. The summed E-state index contributed by atoms with van der Waals surface area (Å²) in [6, 6.07) is 0.00566. The van der Waals surface area contributed by atoms with Crippen molar-refractivity contribution in [2.24, 2.45) is 0 Å². The fraction of sp³-hybridized carbons (Fsp3) is 0.429. The zero-order valence-electron chi connectivity index (χ0n) is 13.7. The van der Waals surface area contributed by atoms with Crippen molar-refractivity contribution in [2.75, 3.05) is 39.3 Å². The van der Waals surface area contributed by atoms with Gasteiger partial charge < -0.3 is 29.0 Å². The van der Waals surface area contributed by atoms with Gasteiger partial charge in [-0.05, 0) is 0 Å². The molecule has 0 bridgehead atoms. The molecular weight excluding hydrogens is 363 g/mol. The van der Waals surface area contributed by atoms with Crippen molar-refractivity contribution in [3.05, 3.63) is 29.5 Å². The first-order valence-corrected chi connectivity index (χ1v) is 9.22. The minimum Gasteiger partial charge on any atom is -0.392 e. The van der Waals surface area contributed by atoms with E-state index in [0.29, 0.717) is 17.1 Å². The molecular formula is C14H17N6O5P. The molecule has 3 N–H and O–H groups in total. The lowest BCUT2D eigenvalue weighted by Gasteiger charge is -2.21. The second-order valence-electron chi connectivity index (χ2n) is 6.02. The number of aromatic amines is 1. The van der Waals surface area contributed by atoms with Gasteiger partial charge in [-0.1, -0.05) is 0 Å². The summed E-state index contributed by atoms with van der Waals surface area (Å²) >= 11 is 0. The van der Waals surface area contributed by atoms with Gasteiger partial charge in [-0.2, -0.15) is 10.1 Å². The van der Waals surface area contributed by atoms with Crippen LogP contribution in [0.25, 0.3) is 0 Å². The van der Waals surface area contributed by atoms with E-state index in [-0.39, 0.29) is 17.6 Å². The van der Waals surface area contributed by atoms with Crippen LogP contribution >= 0.6 is 8.60 Å². The molecule has 11 nitrogen and oxygen atoms in total. The van der Waals surface area contributed by atoms with E-state index in [9.17, 15) is 9.59 Å². The highest BCUT2D eigenvalue weighted by Crippen LogP contribution is 2.33. The Morgan fingerprint density at radius 1 is 1.00 bits per heavy atom. The standard InChI is InChI=1S/C12H13N3O2.C2H4N3O3P/c16-9-7-8(13-1-2-13)12(17)11(15-5-6-15)10(9)14-3-4-14;6-9(7)8-2-3-1-4-5-2/h7H,1-6H2;1,6-7H,(H,3,4,5). The van der Waals surface area contributed by atoms with Crippen LogP contribution in [0, 0.1) is 0 Å². The molecule has 4 heterocycles. The smallest absolute Gasteiger partial charge is 0.392 e. The summed E-state index contributed by atoms with van der Waals surface area (Å²) in [5.74, 6) is 0.0485. The van der Waals surface area contributed by atoms with Crippen molar-refractivity contribution in [1.82, 2.24) is 29.9 Å². The molecule has 138 valence electrons. The SMILES string of the molecule is O=C1C=C(N2CC2)C(=O)C(N2CC2)=C1N1CC1.OP(O)Oc1ncn[nH]1. The van der Waals surface area contributed by atoms with Crippen LogP contribution in [0.1, 0.15) is 0 Å². The molecule has 1 aromatic heterocycles. The van der Waals surface area contributed by atoms with E-state index >= 15 is 0 Å². The number of carbonyl (C=O) groups is 2. The van der Waals surface area contributed by atoms with Gasteiger partial charge in [0.15, 0.2) is 0 Å². The summed E-state index contributed by atoms with van der Waals surface area (Å²) < 4.78 is 4.30. The minimum atomic E-state index is -2.38. The number of ketones is 2. The normalized spacial score (nSPS) is 20.9. The molecule has 0 amide bonds. The summed E-state index contributed by atoms with van der Waals surface area (Å²) in [6.45, 7) is 5.41. The Hall–Kier alpha value is -2.49. The van der Waals surface area contributed by atoms with Gasteiger partial charge in [0, 0.05) is 45.3 Å². The van der Waals surface area contributed by atoms with Crippen molar-refractivity contribution < 1.29 is 23.9 Å². The van der Waals surface area contributed by atoms with Crippen LogP contribution in [0.2, 0.25) is 0 Å². The monoisotopic (exact) mass is 380 g/mol. The maximum atomic E-state index is 12.4. The van der Waals surface area contributed by atoms with E-state index < -0.39 is 8.60 Å². The average molecular weight is 380 g/mol. The van der Waals surface area contributed by atoms with Crippen LogP contribution in [0.4, 0.5) is 0 Å². The largest absolute Gasteiger partial charge is 0.393 e. The van der Waals surface area contributed by atoms with Crippen LogP contribution in [-0.2, 0) is 9.59 Å². The third-order valence-electron chi connectivity index (χ3n) is 4.05. The number of nitrogens with one attached hydrogen (secondary N) is 1. The first-order valence-electron chi connectivity index (χ1n) is 8.05. The Balaban J connectivity index is 0.000000160. The van der Waals surface area contributed by atoms with Crippen LogP contribution in [-0.4, -0.2) is 90.5 Å². The summed E-state index contributed by atoms with van der Waals surface area (Å²) in [6.07, 6.45) is 2.73. The average Bonchev–Trinajstić information content (AvgIpc) is 3.44. The van der Waals surface area contributed by atoms with Crippen LogP contribution in [0.3, 0.4) is 0 Å². The molecule has 0 spiro atoms. The predicted molar refractivity (Wildman–Crippen MR) is 88.2 cm³/mol. The van der Waals surface area contributed by atoms with Crippen LogP contribution < -0.4 is 4.52 Å². The molecule has 0 aromatic carbocycles. The van der Waals surface area contributed by atoms with Crippen molar-refractivity contribution in [1.29, 1.82) is 0 Å². The Morgan fingerprint density at radius 3 is 2.12 bits per heavy atom. The molecule has 4 aliphatic rings. The molecule has 3 fully saturated rings. The van der Waals surface area contributed by atoms with Crippen LogP contribution in [0.5, 0.6) is 6.01 Å². The Labute approximate surface area is 149 Å². The van der Waals surface area contributed by atoms with Gasteiger partial charge in [0.05, 0.1) is 5.70 Å². The first kappa shape index (κ1) is 17.0. The minimum absolute atomic E-state index is 0.00546. The van der Waals surface area contributed by atoms with Gasteiger partial charge in [-0.15, -0.1) is 0 Å². The number of allylic oxidation sites excluding steroid dienone is 1.